The average Bonchev–Trinajstić information content (AvgIpc) is 2.86. The molecule has 4 nitrogen and oxygen atoms in total. The molecule has 0 unspecified atom stereocenters. The molecule has 1 N–H and O–H groups in total. The van der Waals surface area contributed by atoms with E-state index in [-0.39, 0.29) is 0 Å². The molecule has 0 aromatic carbocycles. The molecular formula is C9H5ClN4S. The third-order valence-corrected chi connectivity index (χ3v) is 3.01. The first-order valence-electron chi connectivity index (χ1n) is 4.23. The number of halogens is 1. The van der Waals surface area contributed by atoms with Gasteiger partial charge in [0.1, 0.15) is 17.7 Å². The SMILES string of the molecule is Clc1ncnc2nc(-c3ccsc3)[nH]c12. The van der Waals surface area contributed by atoms with Crippen molar-refractivity contribution in [3.8, 4) is 11.4 Å². The Kier molecular flexibility index (Phi) is 1.93. The van der Waals surface area contributed by atoms with Crippen molar-refractivity contribution in [2.45, 2.75) is 0 Å². The van der Waals surface area contributed by atoms with Gasteiger partial charge >= 0.3 is 0 Å². The van der Waals surface area contributed by atoms with Crippen LogP contribution in [0.1, 0.15) is 0 Å². The summed E-state index contributed by atoms with van der Waals surface area (Å²) in [5.74, 6) is 0.772. The van der Waals surface area contributed by atoms with Crippen LogP contribution in [0.4, 0.5) is 0 Å². The van der Waals surface area contributed by atoms with E-state index in [0.717, 1.165) is 11.4 Å². The van der Waals surface area contributed by atoms with Gasteiger partial charge in [-0.15, -0.1) is 0 Å². The fraction of sp³-hybridized carbons (Fsp3) is 0. The van der Waals surface area contributed by atoms with Gasteiger partial charge in [-0.2, -0.15) is 11.3 Å². The lowest BCUT2D eigenvalue weighted by Gasteiger charge is -1.88. The highest BCUT2D eigenvalue weighted by Gasteiger charge is 2.09. The first kappa shape index (κ1) is 8.82. The largest absolute Gasteiger partial charge is 0.334 e. The number of rotatable bonds is 1. The summed E-state index contributed by atoms with van der Waals surface area (Å²) in [7, 11) is 0. The highest BCUT2D eigenvalue weighted by Crippen LogP contribution is 2.23. The minimum atomic E-state index is 0.397. The Balaban J connectivity index is 2.27. The molecule has 0 spiro atoms. The van der Waals surface area contributed by atoms with E-state index in [2.05, 4.69) is 19.9 Å². The molecule has 0 saturated heterocycles. The van der Waals surface area contributed by atoms with Gasteiger partial charge in [-0.05, 0) is 11.4 Å². The van der Waals surface area contributed by atoms with Gasteiger partial charge < -0.3 is 4.98 Å². The van der Waals surface area contributed by atoms with Crippen LogP contribution < -0.4 is 0 Å². The molecule has 0 aliphatic carbocycles. The molecular weight excluding hydrogens is 232 g/mol. The zero-order valence-corrected chi connectivity index (χ0v) is 9.01. The molecule has 0 aliphatic heterocycles. The first-order chi connectivity index (χ1) is 7.34. The van der Waals surface area contributed by atoms with Crippen LogP contribution in [0.2, 0.25) is 5.15 Å². The van der Waals surface area contributed by atoms with Gasteiger partial charge in [-0.3, -0.25) is 0 Å². The number of fused-ring (bicyclic) bond motifs is 1. The van der Waals surface area contributed by atoms with Crippen molar-refractivity contribution in [2.24, 2.45) is 0 Å². The van der Waals surface area contributed by atoms with E-state index in [1.165, 1.54) is 6.33 Å². The van der Waals surface area contributed by atoms with Crippen molar-refractivity contribution in [3.63, 3.8) is 0 Å². The van der Waals surface area contributed by atoms with Crippen LogP contribution in [0.25, 0.3) is 22.6 Å². The topological polar surface area (TPSA) is 54.5 Å². The Labute approximate surface area is 94.0 Å². The quantitative estimate of drug-likeness (QED) is 0.661. The van der Waals surface area contributed by atoms with Gasteiger partial charge in [0, 0.05) is 10.9 Å². The van der Waals surface area contributed by atoms with Crippen LogP contribution in [-0.4, -0.2) is 19.9 Å². The number of aromatic amines is 1. The minimum Gasteiger partial charge on any atom is -0.334 e. The molecule has 3 aromatic rings. The van der Waals surface area contributed by atoms with Crippen molar-refractivity contribution in [2.75, 3.05) is 0 Å². The maximum atomic E-state index is 5.91. The Morgan fingerprint density at radius 1 is 1.33 bits per heavy atom. The predicted octanol–water partition coefficient (Wildman–Crippen LogP) is 2.73. The summed E-state index contributed by atoms with van der Waals surface area (Å²) in [6, 6.07) is 1.99. The molecule has 0 aliphatic rings. The lowest BCUT2D eigenvalue weighted by atomic mass is 10.3. The molecule has 0 atom stereocenters. The summed E-state index contributed by atoms with van der Waals surface area (Å²) in [5.41, 5.74) is 2.31. The highest BCUT2D eigenvalue weighted by molar-refractivity contribution is 7.08. The van der Waals surface area contributed by atoms with Gasteiger partial charge in [0.2, 0.25) is 0 Å². The fourth-order valence-corrected chi connectivity index (χ4v) is 2.15. The van der Waals surface area contributed by atoms with Crippen molar-refractivity contribution in [3.05, 3.63) is 28.3 Å². The van der Waals surface area contributed by atoms with Crippen molar-refractivity contribution >= 4 is 34.1 Å². The third-order valence-electron chi connectivity index (χ3n) is 2.04. The number of hydrogen-bond acceptors (Lipinski definition) is 4. The van der Waals surface area contributed by atoms with Crippen LogP contribution >= 0.6 is 22.9 Å². The van der Waals surface area contributed by atoms with Crippen molar-refractivity contribution in [1.82, 2.24) is 19.9 Å². The molecule has 6 heteroatoms. The summed E-state index contributed by atoms with van der Waals surface area (Å²) in [6.07, 6.45) is 1.41. The number of nitrogens with one attached hydrogen (secondary N) is 1. The number of imidazole rings is 1. The maximum Gasteiger partial charge on any atom is 0.182 e. The lowest BCUT2D eigenvalue weighted by molar-refractivity contribution is 1.20. The summed E-state index contributed by atoms with van der Waals surface area (Å²) < 4.78 is 0. The fourth-order valence-electron chi connectivity index (χ4n) is 1.34. The van der Waals surface area contributed by atoms with Gasteiger partial charge in [0.05, 0.1) is 0 Å². The number of hydrogen-bond donors (Lipinski definition) is 1. The Hall–Kier alpha value is -1.46. The van der Waals surface area contributed by atoms with E-state index in [9.17, 15) is 0 Å². The molecule has 3 aromatic heterocycles. The molecule has 15 heavy (non-hydrogen) atoms. The summed E-state index contributed by atoms with van der Waals surface area (Å²) in [4.78, 5) is 15.4. The van der Waals surface area contributed by atoms with Crippen LogP contribution in [0.5, 0.6) is 0 Å². The van der Waals surface area contributed by atoms with Gasteiger partial charge in [0.25, 0.3) is 0 Å². The molecule has 3 rings (SSSR count). The van der Waals surface area contributed by atoms with Crippen LogP contribution in [0.15, 0.2) is 23.2 Å². The molecule has 3 heterocycles. The molecule has 0 amide bonds. The average molecular weight is 237 g/mol. The Morgan fingerprint density at radius 3 is 3.00 bits per heavy atom. The first-order valence-corrected chi connectivity index (χ1v) is 5.55. The Morgan fingerprint density at radius 2 is 2.27 bits per heavy atom. The number of thiophene rings is 1. The summed E-state index contributed by atoms with van der Waals surface area (Å²) >= 11 is 7.53. The Bertz CT molecular complexity index is 602. The van der Waals surface area contributed by atoms with Crippen molar-refractivity contribution in [1.29, 1.82) is 0 Å². The highest BCUT2D eigenvalue weighted by atomic mass is 35.5. The third kappa shape index (κ3) is 1.40. The zero-order chi connectivity index (χ0) is 10.3. The smallest absolute Gasteiger partial charge is 0.182 e. The van der Waals surface area contributed by atoms with Gasteiger partial charge in [-0.1, -0.05) is 11.6 Å². The normalized spacial score (nSPS) is 11.0. The van der Waals surface area contributed by atoms with E-state index < -0.39 is 0 Å². The van der Waals surface area contributed by atoms with Crippen LogP contribution in [0.3, 0.4) is 0 Å². The van der Waals surface area contributed by atoms with E-state index in [0.29, 0.717) is 16.3 Å². The molecule has 0 bridgehead atoms. The number of H-pyrrole nitrogens is 1. The summed E-state index contributed by atoms with van der Waals surface area (Å²) in [5, 5.41) is 4.41. The molecule has 0 fully saturated rings. The van der Waals surface area contributed by atoms with Crippen molar-refractivity contribution < 1.29 is 0 Å². The van der Waals surface area contributed by atoms with E-state index in [4.69, 9.17) is 11.6 Å². The minimum absolute atomic E-state index is 0.397. The van der Waals surface area contributed by atoms with Crippen LogP contribution in [0, 0.1) is 0 Å². The predicted molar refractivity (Wildman–Crippen MR) is 60.0 cm³/mol. The van der Waals surface area contributed by atoms with Gasteiger partial charge in [-0.25, -0.2) is 15.0 Å². The van der Waals surface area contributed by atoms with E-state index in [1.54, 1.807) is 11.3 Å². The lowest BCUT2D eigenvalue weighted by Crippen LogP contribution is -1.80. The second-order valence-corrected chi connectivity index (χ2v) is 4.10. The van der Waals surface area contributed by atoms with E-state index in [1.807, 2.05) is 16.8 Å². The standard InChI is InChI=1S/C9H5ClN4S/c10-7-6-9(12-4-11-7)14-8(13-6)5-1-2-15-3-5/h1-4H,(H,11,12,13,14). The summed E-state index contributed by atoms with van der Waals surface area (Å²) in [6.45, 7) is 0. The second kappa shape index (κ2) is 3.29. The second-order valence-electron chi connectivity index (χ2n) is 2.96. The number of nitrogens with zero attached hydrogens (tertiary/aromatic N) is 3. The van der Waals surface area contributed by atoms with Gasteiger partial charge in [0.15, 0.2) is 10.8 Å². The van der Waals surface area contributed by atoms with Crippen LogP contribution in [-0.2, 0) is 0 Å². The van der Waals surface area contributed by atoms with E-state index >= 15 is 0 Å². The molecule has 0 saturated carbocycles. The molecule has 74 valence electrons. The zero-order valence-electron chi connectivity index (χ0n) is 7.44. The molecule has 0 radical (unpaired) electrons. The maximum absolute atomic E-state index is 5.91. The number of aromatic nitrogens is 4. The monoisotopic (exact) mass is 236 g/mol.